The standard InChI is InChI=1S/C11H14O/c1-3-4-5-10-6-9(2)7-11(12)8-10/h8-9H,5-7H2,1-2H3. The van der Waals surface area contributed by atoms with Gasteiger partial charge in [0.15, 0.2) is 5.78 Å². The fourth-order valence-corrected chi connectivity index (χ4v) is 1.53. The number of rotatable bonds is 1. The van der Waals surface area contributed by atoms with Crippen molar-refractivity contribution in [1.29, 1.82) is 0 Å². The van der Waals surface area contributed by atoms with E-state index in [0.717, 1.165) is 12.8 Å². The first-order valence-electron chi connectivity index (χ1n) is 4.34. The molecule has 0 aromatic rings. The normalized spacial score (nSPS) is 22.7. The van der Waals surface area contributed by atoms with Crippen LogP contribution in [0.1, 0.15) is 33.1 Å². The van der Waals surface area contributed by atoms with Crippen LogP contribution >= 0.6 is 0 Å². The van der Waals surface area contributed by atoms with Crippen LogP contribution in [0.4, 0.5) is 0 Å². The Kier molecular flexibility index (Phi) is 3.10. The van der Waals surface area contributed by atoms with Gasteiger partial charge in [-0.15, -0.1) is 5.92 Å². The van der Waals surface area contributed by atoms with Gasteiger partial charge in [0.25, 0.3) is 0 Å². The van der Waals surface area contributed by atoms with Crippen molar-refractivity contribution in [2.24, 2.45) is 5.92 Å². The zero-order valence-corrected chi connectivity index (χ0v) is 7.68. The summed E-state index contributed by atoms with van der Waals surface area (Å²) >= 11 is 0. The van der Waals surface area contributed by atoms with Gasteiger partial charge in [-0.25, -0.2) is 0 Å². The van der Waals surface area contributed by atoms with Crippen LogP contribution in [0, 0.1) is 17.8 Å². The number of hydrogen-bond donors (Lipinski definition) is 0. The molecule has 64 valence electrons. The predicted molar refractivity (Wildman–Crippen MR) is 49.6 cm³/mol. The van der Waals surface area contributed by atoms with Gasteiger partial charge < -0.3 is 0 Å². The van der Waals surface area contributed by atoms with Crippen molar-refractivity contribution < 1.29 is 4.79 Å². The van der Waals surface area contributed by atoms with Crippen molar-refractivity contribution in [1.82, 2.24) is 0 Å². The van der Waals surface area contributed by atoms with Gasteiger partial charge in [-0.1, -0.05) is 18.4 Å². The lowest BCUT2D eigenvalue weighted by molar-refractivity contribution is -0.115. The minimum Gasteiger partial charge on any atom is -0.295 e. The van der Waals surface area contributed by atoms with E-state index < -0.39 is 0 Å². The molecule has 0 aromatic carbocycles. The number of carbonyl (C=O) groups is 1. The van der Waals surface area contributed by atoms with E-state index in [1.54, 1.807) is 6.08 Å². The largest absolute Gasteiger partial charge is 0.295 e. The van der Waals surface area contributed by atoms with Gasteiger partial charge in [-0.05, 0) is 25.3 Å². The smallest absolute Gasteiger partial charge is 0.155 e. The van der Waals surface area contributed by atoms with Gasteiger partial charge >= 0.3 is 0 Å². The Balaban J connectivity index is 2.61. The molecule has 1 aliphatic carbocycles. The zero-order valence-electron chi connectivity index (χ0n) is 7.68. The second-order valence-electron chi connectivity index (χ2n) is 3.39. The van der Waals surface area contributed by atoms with E-state index in [0.29, 0.717) is 12.3 Å². The van der Waals surface area contributed by atoms with Crippen molar-refractivity contribution in [2.75, 3.05) is 0 Å². The first-order chi connectivity index (χ1) is 5.72. The third-order valence-corrected chi connectivity index (χ3v) is 2.02. The minimum atomic E-state index is 0.265. The van der Waals surface area contributed by atoms with Crippen LogP contribution in [0.15, 0.2) is 11.6 Å². The van der Waals surface area contributed by atoms with E-state index in [-0.39, 0.29) is 5.78 Å². The molecule has 1 aliphatic rings. The molecule has 0 aromatic heterocycles. The average Bonchev–Trinajstić information content (AvgIpc) is 1.99. The Morgan fingerprint density at radius 3 is 2.92 bits per heavy atom. The fourth-order valence-electron chi connectivity index (χ4n) is 1.53. The quantitative estimate of drug-likeness (QED) is 0.541. The van der Waals surface area contributed by atoms with Gasteiger partial charge in [-0.3, -0.25) is 4.79 Å². The van der Waals surface area contributed by atoms with Gasteiger partial charge in [0.05, 0.1) is 0 Å². The summed E-state index contributed by atoms with van der Waals surface area (Å²) in [6.07, 6.45) is 4.29. The van der Waals surface area contributed by atoms with Gasteiger partial charge in [0.1, 0.15) is 0 Å². The molecule has 0 heterocycles. The lowest BCUT2D eigenvalue weighted by Crippen LogP contribution is -2.10. The second-order valence-corrected chi connectivity index (χ2v) is 3.39. The molecule has 1 heteroatoms. The van der Waals surface area contributed by atoms with E-state index in [1.807, 2.05) is 6.92 Å². The molecular formula is C11H14O. The fraction of sp³-hybridized carbons (Fsp3) is 0.545. The van der Waals surface area contributed by atoms with Crippen molar-refractivity contribution in [3.05, 3.63) is 11.6 Å². The Bertz CT molecular complexity index is 262. The number of hydrogen-bond acceptors (Lipinski definition) is 1. The van der Waals surface area contributed by atoms with Crippen LogP contribution in [0.25, 0.3) is 0 Å². The molecule has 1 atom stereocenters. The molecule has 0 saturated heterocycles. The third kappa shape index (κ3) is 2.54. The van der Waals surface area contributed by atoms with E-state index in [1.165, 1.54) is 5.57 Å². The lowest BCUT2D eigenvalue weighted by Gasteiger charge is -2.16. The van der Waals surface area contributed by atoms with E-state index in [9.17, 15) is 4.79 Å². The number of carbonyl (C=O) groups excluding carboxylic acids is 1. The van der Waals surface area contributed by atoms with Crippen molar-refractivity contribution in [2.45, 2.75) is 33.1 Å². The zero-order chi connectivity index (χ0) is 8.97. The summed E-state index contributed by atoms with van der Waals surface area (Å²) in [5.74, 6) is 6.61. The second kappa shape index (κ2) is 4.11. The molecule has 12 heavy (non-hydrogen) atoms. The van der Waals surface area contributed by atoms with Gasteiger partial charge in [-0.2, -0.15) is 0 Å². The average molecular weight is 162 g/mol. The summed E-state index contributed by atoms with van der Waals surface area (Å²) in [6, 6.07) is 0. The van der Waals surface area contributed by atoms with Crippen LogP contribution < -0.4 is 0 Å². The van der Waals surface area contributed by atoms with Crippen LogP contribution in [0.2, 0.25) is 0 Å². The summed E-state index contributed by atoms with van der Waals surface area (Å²) in [6.45, 7) is 3.94. The van der Waals surface area contributed by atoms with Crippen LogP contribution in [0.3, 0.4) is 0 Å². The molecule has 1 rings (SSSR count). The van der Waals surface area contributed by atoms with Crippen LogP contribution in [-0.4, -0.2) is 5.78 Å². The predicted octanol–water partition coefficient (Wildman–Crippen LogP) is 2.33. The third-order valence-electron chi connectivity index (χ3n) is 2.02. The minimum absolute atomic E-state index is 0.265. The highest BCUT2D eigenvalue weighted by molar-refractivity contribution is 5.91. The molecule has 1 unspecified atom stereocenters. The molecule has 0 fully saturated rings. The Hall–Kier alpha value is -1.03. The summed E-state index contributed by atoms with van der Waals surface area (Å²) in [4.78, 5) is 11.1. The summed E-state index contributed by atoms with van der Waals surface area (Å²) in [5.41, 5.74) is 1.20. The maximum atomic E-state index is 11.1. The van der Waals surface area contributed by atoms with Gasteiger partial charge in [0.2, 0.25) is 0 Å². The molecule has 0 saturated carbocycles. The first kappa shape index (κ1) is 9.06. The highest BCUT2D eigenvalue weighted by atomic mass is 16.1. The topological polar surface area (TPSA) is 17.1 Å². The lowest BCUT2D eigenvalue weighted by atomic mass is 9.88. The molecule has 1 nitrogen and oxygen atoms in total. The number of ketones is 1. The highest BCUT2D eigenvalue weighted by Crippen LogP contribution is 2.22. The van der Waals surface area contributed by atoms with Crippen LogP contribution in [-0.2, 0) is 4.79 Å². The summed E-state index contributed by atoms with van der Waals surface area (Å²) in [5, 5.41) is 0. The molecule has 0 spiro atoms. The van der Waals surface area contributed by atoms with Crippen molar-refractivity contribution >= 4 is 5.78 Å². The first-order valence-corrected chi connectivity index (χ1v) is 4.34. The van der Waals surface area contributed by atoms with Gasteiger partial charge in [0, 0.05) is 12.8 Å². The highest BCUT2D eigenvalue weighted by Gasteiger charge is 2.15. The molecule has 0 amide bonds. The SMILES string of the molecule is CC#CCC1=CC(=O)CC(C)C1. The van der Waals surface area contributed by atoms with E-state index >= 15 is 0 Å². The summed E-state index contributed by atoms with van der Waals surface area (Å²) < 4.78 is 0. The monoisotopic (exact) mass is 162 g/mol. The van der Waals surface area contributed by atoms with E-state index in [2.05, 4.69) is 18.8 Å². The Morgan fingerprint density at radius 1 is 1.58 bits per heavy atom. The Morgan fingerprint density at radius 2 is 2.33 bits per heavy atom. The van der Waals surface area contributed by atoms with Crippen molar-refractivity contribution in [3.8, 4) is 11.8 Å². The maximum Gasteiger partial charge on any atom is 0.155 e. The van der Waals surface area contributed by atoms with Crippen molar-refractivity contribution in [3.63, 3.8) is 0 Å². The maximum absolute atomic E-state index is 11.1. The molecular weight excluding hydrogens is 148 g/mol. The van der Waals surface area contributed by atoms with Crippen LogP contribution in [0.5, 0.6) is 0 Å². The molecule has 0 aliphatic heterocycles. The number of allylic oxidation sites excluding steroid dienone is 2. The molecule has 0 radical (unpaired) electrons. The molecule has 0 bridgehead atoms. The Labute approximate surface area is 73.9 Å². The summed E-state index contributed by atoms with van der Waals surface area (Å²) in [7, 11) is 0. The van der Waals surface area contributed by atoms with E-state index in [4.69, 9.17) is 0 Å². The molecule has 0 N–H and O–H groups in total.